The maximum atomic E-state index is 13.9. The van der Waals surface area contributed by atoms with Crippen LogP contribution in [-0.2, 0) is 31.3 Å². The number of likely N-dealkylation sites (tertiary alicyclic amines) is 1. The lowest BCUT2D eigenvalue weighted by Crippen LogP contribution is -2.53. The number of rotatable bonds is 5. The van der Waals surface area contributed by atoms with Crippen molar-refractivity contribution in [1.29, 1.82) is 0 Å². The van der Waals surface area contributed by atoms with Gasteiger partial charge in [-0.1, -0.05) is 23.7 Å². The number of amides is 4. The molecule has 10 nitrogen and oxygen atoms in total. The highest BCUT2D eigenvalue weighted by Crippen LogP contribution is 2.54. The van der Waals surface area contributed by atoms with Crippen LogP contribution in [0.2, 0.25) is 5.02 Å². The maximum Gasteiger partial charge on any atom is 0.250 e. The van der Waals surface area contributed by atoms with Crippen LogP contribution >= 0.6 is 11.6 Å². The number of nitrogens with two attached hydrogens (primary N) is 1. The molecular weight excluding hydrogens is 488 g/mol. The standard InChI is InChI=1S/C25H23ClN4O6/c1-11-14(26)4-3-13-21(11)28-24(34)25(13)20-19(15(29-25)5-7-18(27)31)22(32)30(23(20)33)9-12-2-6-16-17(8-12)36-10-35-16/h2-4,6,8,15,19-20,29H,5,7,9-10H2,1H3,(H2,27,31)(H,28,34)/t15-,19-,20-,25+/m1/s1. The smallest absolute Gasteiger partial charge is 0.250 e. The first-order valence-electron chi connectivity index (χ1n) is 11.6. The molecule has 186 valence electrons. The fraction of sp³-hybridized carbons (Fsp3) is 0.360. The second-order valence-electron chi connectivity index (χ2n) is 9.57. The Morgan fingerprint density at radius 3 is 2.72 bits per heavy atom. The molecule has 2 fully saturated rings. The highest BCUT2D eigenvalue weighted by Gasteiger charge is 2.70. The molecular formula is C25H23ClN4O6. The molecule has 1 spiro atoms. The minimum absolute atomic E-state index is 0.00865. The molecule has 4 N–H and O–H groups in total. The molecule has 4 aliphatic heterocycles. The number of carbonyl (C=O) groups excluding carboxylic acids is 4. The molecule has 6 rings (SSSR count). The summed E-state index contributed by atoms with van der Waals surface area (Å²) in [5, 5.41) is 6.64. The van der Waals surface area contributed by atoms with Crippen LogP contribution in [0.3, 0.4) is 0 Å². The van der Waals surface area contributed by atoms with E-state index in [1.165, 1.54) is 4.90 Å². The van der Waals surface area contributed by atoms with Crippen molar-refractivity contribution in [2.75, 3.05) is 12.1 Å². The van der Waals surface area contributed by atoms with Crippen LogP contribution in [0.5, 0.6) is 11.5 Å². The second-order valence-corrected chi connectivity index (χ2v) is 9.97. The summed E-state index contributed by atoms with van der Waals surface area (Å²) in [6.45, 7) is 1.91. The number of benzene rings is 2. The molecule has 2 aromatic carbocycles. The summed E-state index contributed by atoms with van der Waals surface area (Å²) in [6.07, 6.45) is 0.221. The average molecular weight is 511 g/mol. The van der Waals surface area contributed by atoms with Crippen LogP contribution in [0.15, 0.2) is 30.3 Å². The summed E-state index contributed by atoms with van der Waals surface area (Å²) < 4.78 is 10.8. The van der Waals surface area contributed by atoms with Gasteiger partial charge in [-0.3, -0.25) is 29.4 Å². The van der Waals surface area contributed by atoms with Crippen molar-refractivity contribution >= 4 is 40.9 Å². The lowest BCUT2D eigenvalue weighted by atomic mass is 9.76. The van der Waals surface area contributed by atoms with Gasteiger partial charge in [0.25, 0.3) is 0 Å². The van der Waals surface area contributed by atoms with Crippen molar-refractivity contribution in [2.45, 2.75) is 37.9 Å². The quantitative estimate of drug-likeness (QED) is 0.518. The number of carbonyl (C=O) groups is 4. The predicted octanol–water partition coefficient (Wildman–Crippen LogP) is 1.56. The van der Waals surface area contributed by atoms with E-state index < -0.39 is 47.0 Å². The minimum atomic E-state index is -1.46. The average Bonchev–Trinajstić information content (AvgIpc) is 3.57. The summed E-state index contributed by atoms with van der Waals surface area (Å²) >= 11 is 6.29. The minimum Gasteiger partial charge on any atom is -0.454 e. The number of nitrogens with zero attached hydrogens (tertiary/aromatic N) is 1. The SMILES string of the molecule is Cc1c(Cl)ccc2c1NC(=O)[C@]21N[C@H](CCC(N)=O)[C@H]2C(=O)N(Cc3ccc4c(c3)OCO4)C(=O)[C@@H]21. The van der Waals surface area contributed by atoms with E-state index in [0.29, 0.717) is 38.9 Å². The molecule has 4 atom stereocenters. The van der Waals surface area contributed by atoms with Gasteiger partial charge in [0.1, 0.15) is 5.54 Å². The highest BCUT2D eigenvalue weighted by atomic mass is 35.5. The third kappa shape index (κ3) is 3.07. The van der Waals surface area contributed by atoms with Gasteiger partial charge in [0, 0.05) is 23.0 Å². The zero-order valence-electron chi connectivity index (χ0n) is 19.3. The predicted molar refractivity (Wildman–Crippen MR) is 127 cm³/mol. The Morgan fingerprint density at radius 2 is 1.94 bits per heavy atom. The van der Waals surface area contributed by atoms with Gasteiger partial charge in [0.15, 0.2) is 11.5 Å². The number of fused-ring (bicyclic) bond motifs is 5. The van der Waals surface area contributed by atoms with E-state index in [4.69, 9.17) is 26.8 Å². The van der Waals surface area contributed by atoms with Gasteiger partial charge in [-0.25, -0.2) is 0 Å². The van der Waals surface area contributed by atoms with Gasteiger partial charge in [-0.2, -0.15) is 0 Å². The number of nitrogens with one attached hydrogen (secondary N) is 2. The van der Waals surface area contributed by atoms with E-state index in [0.717, 1.165) is 0 Å². The Hall–Kier alpha value is -3.63. The van der Waals surface area contributed by atoms with Crippen molar-refractivity contribution in [3.05, 3.63) is 52.0 Å². The molecule has 0 bridgehead atoms. The topological polar surface area (TPSA) is 140 Å². The molecule has 2 saturated heterocycles. The van der Waals surface area contributed by atoms with Gasteiger partial charge in [-0.15, -0.1) is 0 Å². The zero-order chi connectivity index (χ0) is 25.4. The lowest BCUT2D eigenvalue weighted by molar-refractivity contribution is -0.143. The molecule has 36 heavy (non-hydrogen) atoms. The fourth-order valence-electron chi connectivity index (χ4n) is 5.97. The van der Waals surface area contributed by atoms with E-state index in [1.807, 2.05) is 0 Å². The Kier molecular flexibility index (Phi) is 5.03. The molecule has 0 radical (unpaired) electrons. The van der Waals surface area contributed by atoms with E-state index in [-0.39, 0.29) is 26.2 Å². The van der Waals surface area contributed by atoms with Crippen LogP contribution in [0.25, 0.3) is 0 Å². The van der Waals surface area contributed by atoms with Gasteiger partial charge in [0.05, 0.1) is 24.1 Å². The van der Waals surface area contributed by atoms with E-state index in [2.05, 4.69) is 10.6 Å². The molecule has 0 aromatic heterocycles. The van der Waals surface area contributed by atoms with Crippen LogP contribution in [0.4, 0.5) is 5.69 Å². The van der Waals surface area contributed by atoms with E-state index in [1.54, 1.807) is 37.3 Å². The van der Waals surface area contributed by atoms with Crippen molar-refractivity contribution in [3.63, 3.8) is 0 Å². The highest BCUT2D eigenvalue weighted by molar-refractivity contribution is 6.32. The van der Waals surface area contributed by atoms with Crippen LogP contribution in [0.1, 0.15) is 29.5 Å². The second kappa shape index (κ2) is 7.94. The van der Waals surface area contributed by atoms with E-state index in [9.17, 15) is 19.2 Å². The third-order valence-corrected chi connectivity index (χ3v) is 8.06. The Labute approximate surface area is 211 Å². The number of primary amides is 1. The number of hydrogen-bond acceptors (Lipinski definition) is 7. The van der Waals surface area contributed by atoms with Gasteiger partial charge in [0.2, 0.25) is 30.4 Å². The summed E-state index contributed by atoms with van der Waals surface area (Å²) in [7, 11) is 0. The zero-order valence-corrected chi connectivity index (χ0v) is 20.1. The molecule has 0 saturated carbocycles. The first kappa shape index (κ1) is 22.8. The number of anilines is 1. The summed E-state index contributed by atoms with van der Waals surface area (Å²) in [5.41, 5.74) is 6.38. The monoisotopic (exact) mass is 510 g/mol. The Morgan fingerprint density at radius 1 is 1.17 bits per heavy atom. The van der Waals surface area contributed by atoms with Crippen LogP contribution in [0, 0.1) is 18.8 Å². The van der Waals surface area contributed by atoms with Crippen molar-refractivity contribution in [1.82, 2.24) is 10.2 Å². The van der Waals surface area contributed by atoms with Crippen molar-refractivity contribution in [2.24, 2.45) is 17.6 Å². The molecule has 0 aliphatic carbocycles. The van der Waals surface area contributed by atoms with Gasteiger partial charge in [-0.05, 0) is 42.7 Å². The van der Waals surface area contributed by atoms with Crippen molar-refractivity contribution in [3.8, 4) is 11.5 Å². The maximum absolute atomic E-state index is 13.9. The first-order valence-corrected chi connectivity index (χ1v) is 12.0. The molecule has 0 unspecified atom stereocenters. The molecule has 2 aromatic rings. The number of imide groups is 1. The summed E-state index contributed by atoms with van der Waals surface area (Å²) in [6, 6.07) is 8.02. The number of ether oxygens (including phenoxy) is 2. The fourth-order valence-corrected chi connectivity index (χ4v) is 6.13. The number of halogens is 1. The van der Waals surface area contributed by atoms with Crippen molar-refractivity contribution < 1.29 is 28.7 Å². The lowest BCUT2D eigenvalue weighted by Gasteiger charge is -2.29. The van der Waals surface area contributed by atoms with Gasteiger partial charge < -0.3 is 20.5 Å². The molecule has 4 heterocycles. The third-order valence-electron chi connectivity index (χ3n) is 7.66. The normalized spacial score (nSPS) is 27.6. The largest absolute Gasteiger partial charge is 0.454 e. The summed E-state index contributed by atoms with van der Waals surface area (Å²) in [4.78, 5) is 53.9. The van der Waals surface area contributed by atoms with Crippen LogP contribution in [-0.4, -0.2) is 41.4 Å². The Balaban J connectivity index is 1.41. The first-order chi connectivity index (χ1) is 17.2. The van der Waals surface area contributed by atoms with Crippen LogP contribution < -0.4 is 25.8 Å². The number of hydrogen-bond donors (Lipinski definition) is 3. The molecule has 4 amide bonds. The molecule has 4 aliphatic rings. The molecule has 11 heteroatoms. The summed E-state index contributed by atoms with van der Waals surface area (Å²) in [5.74, 6) is -2.48. The Bertz CT molecular complexity index is 1360. The van der Waals surface area contributed by atoms with E-state index >= 15 is 0 Å². The van der Waals surface area contributed by atoms with Gasteiger partial charge >= 0.3 is 0 Å².